The number of para-hydroxylation sites is 1. The molecule has 1 fully saturated rings. The van der Waals surface area contributed by atoms with Crippen LogP contribution in [-0.2, 0) is 0 Å². The summed E-state index contributed by atoms with van der Waals surface area (Å²) in [4.78, 5) is 2.50. The van der Waals surface area contributed by atoms with Gasteiger partial charge in [-0.1, -0.05) is 165 Å². The Kier molecular flexibility index (Phi) is 9.05. The number of rotatable bonds is 7. The van der Waals surface area contributed by atoms with E-state index in [0.717, 1.165) is 11.4 Å². The van der Waals surface area contributed by atoms with E-state index in [1.807, 2.05) is 22.7 Å². The van der Waals surface area contributed by atoms with Gasteiger partial charge in [-0.25, -0.2) is 0 Å². The molecule has 9 aromatic carbocycles. The predicted octanol–water partition coefficient (Wildman–Crippen LogP) is 18.1. The van der Waals surface area contributed by atoms with E-state index in [4.69, 9.17) is 0 Å². The largest absolute Gasteiger partial charge is 0.310 e. The molecule has 11 aromatic rings. The second-order valence-corrected chi connectivity index (χ2v) is 18.7. The maximum atomic E-state index is 2.50. The number of fused-ring (bicyclic) bond motifs is 7. The average molecular weight is 818 g/mol. The van der Waals surface area contributed by atoms with E-state index in [0.29, 0.717) is 5.92 Å². The third kappa shape index (κ3) is 6.26. The first kappa shape index (κ1) is 36.3. The molecule has 0 unspecified atom stereocenters. The highest BCUT2D eigenvalue weighted by molar-refractivity contribution is 7.26. The Morgan fingerprint density at radius 1 is 0.393 bits per heavy atom. The second-order valence-electron chi connectivity index (χ2n) is 16.6. The Morgan fingerprint density at radius 2 is 1.03 bits per heavy atom. The number of thiophene rings is 2. The molecule has 1 saturated carbocycles. The van der Waals surface area contributed by atoms with Crippen LogP contribution in [0.3, 0.4) is 0 Å². The fraction of sp³-hybridized carbons (Fsp3) is 0.103. The summed E-state index contributed by atoms with van der Waals surface area (Å²) in [5.74, 6) is 0.590. The number of hydrogen-bond acceptors (Lipinski definition) is 3. The molecule has 0 radical (unpaired) electrons. The molecule has 0 bridgehead atoms. The topological polar surface area (TPSA) is 3.24 Å². The summed E-state index contributed by atoms with van der Waals surface area (Å²) in [6.07, 6.45) is 6.50. The maximum absolute atomic E-state index is 2.50. The van der Waals surface area contributed by atoms with Crippen molar-refractivity contribution in [3.8, 4) is 33.4 Å². The van der Waals surface area contributed by atoms with Crippen molar-refractivity contribution in [2.24, 2.45) is 0 Å². The van der Waals surface area contributed by atoms with Gasteiger partial charge in [0.2, 0.25) is 0 Å². The molecule has 0 N–H and O–H groups in total. The van der Waals surface area contributed by atoms with E-state index in [-0.39, 0.29) is 0 Å². The van der Waals surface area contributed by atoms with Gasteiger partial charge >= 0.3 is 0 Å². The molecule has 1 nitrogen and oxygen atoms in total. The van der Waals surface area contributed by atoms with E-state index < -0.39 is 0 Å². The van der Waals surface area contributed by atoms with Gasteiger partial charge in [0.05, 0.1) is 5.69 Å². The van der Waals surface area contributed by atoms with Gasteiger partial charge in [-0.2, -0.15) is 0 Å². The van der Waals surface area contributed by atoms with Crippen molar-refractivity contribution in [3.63, 3.8) is 0 Å². The van der Waals surface area contributed by atoms with Crippen LogP contribution in [0.25, 0.3) is 84.5 Å². The molecule has 61 heavy (non-hydrogen) atoms. The zero-order valence-electron chi connectivity index (χ0n) is 33.9. The highest BCUT2D eigenvalue weighted by atomic mass is 32.1. The lowest BCUT2D eigenvalue weighted by atomic mass is 9.80. The zero-order valence-corrected chi connectivity index (χ0v) is 35.5. The highest BCUT2D eigenvalue weighted by Crippen LogP contribution is 2.48. The van der Waals surface area contributed by atoms with Gasteiger partial charge in [-0.15, -0.1) is 22.7 Å². The number of hydrogen-bond donors (Lipinski definition) is 0. The third-order valence-electron chi connectivity index (χ3n) is 13.1. The molecule has 1 aliphatic rings. The lowest BCUT2D eigenvalue weighted by Crippen LogP contribution is -2.11. The van der Waals surface area contributed by atoms with Crippen LogP contribution < -0.4 is 4.90 Å². The lowest BCUT2D eigenvalue weighted by molar-refractivity contribution is 0.445. The molecule has 2 aromatic heterocycles. The van der Waals surface area contributed by atoms with Gasteiger partial charge in [0, 0.05) is 57.3 Å². The lowest BCUT2D eigenvalue weighted by Gasteiger charge is -2.29. The average Bonchev–Trinajstić information content (AvgIpc) is 3.91. The van der Waals surface area contributed by atoms with Crippen LogP contribution in [0, 0.1) is 0 Å². The van der Waals surface area contributed by atoms with Gasteiger partial charge in [0.25, 0.3) is 0 Å². The van der Waals surface area contributed by atoms with Crippen molar-refractivity contribution < 1.29 is 0 Å². The van der Waals surface area contributed by atoms with Crippen LogP contribution in [-0.4, -0.2) is 0 Å². The summed E-state index contributed by atoms with van der Waals surface area (Å²) in [7, 11) is 0. The molecule has 0 atom stereocenters. The molecule has 2 heterocycles. The SMILES string of the molecule is c1cc(-c2cccc3sc4ccccc4c23)cc(N(c2ccc(-c3cccc4c3sc3ccccc34)cc2)c2ccccc2-c2cccc3cccc(C4CCCCC4)c23)c1. The minimum absolute atomic E-state index is 0.590. The van der Waals surface area contributed by atoms with Crippen LogP contribution in [0.15, 0.2) is 194 Å². The minimum Gasteiger partial charge on any atom is -0.310 e. The highest BCUT2D eigenvalue weighted by Gasteiger charge is 2.23. The first-order chi connectivity index (χ1) is 30.3. The fourth-order valence-electron chi connectivity index (χ4n) is 10.3. The monoisotopic (exact) mass is 817 g/mol. The van der Waals surface area contributed by atoms with Crippen LogP contribution in [0.4, 0.5) is 17.1 Å². The van der Waals surface area contributed by atoms with Crippen LogP contribution in [0.1, 0.15) is 43.6 Å². The van der Waals surface area contributed by atoms with Crippen LogP contribution in [0.2, 0.25) is 0 Å². The van der Waals surface area contributed by atoms with Crippen molar-refractivity contribution in [1.29, 1.82) is 0 Å². The van der Waals surface area contributed by atoms with Gasteiger partial charge in [-0.05, 0) is 111 Å². The smallest absolute Gasteiger partial charge is 0.0540 e. The molecule has 1 aliphatic carbocycles. The van der Waals surface area contributed by atoms with Crippen molar-refractivity contribution >= 4 is 90.9 Å². The quantitative estimate of drug-likeness (QED) is 0.155. The predicted molar refractivity (Wildman–Crippen MR) is 267 cm³/mol. The summed E-state index contributed by atoms with van der Waals surface area (Å²) < 4.78 is 5.31. The second kappa shape index (κ2) is 15.2. The Balaban J connectivity index is 1.05. The maximum Gasteiger partial charge on any atom is 0.0540 e. The van der Waals surface area contributed by atoms with Gasteiger partial charge in [0.15, 0.2) is 0 Å². The summed E-state index contributed by atoms with van der Waals surface area (Å²) in [5, 5.41) is 8.03. The first-order valence-electron chi connectivity index (χ1n) is 21.7. The van der Waals surface area contributed by atoms with Crippen molar-refractivity contribution in [2.75, 3.05) is 4.90 Å². The Morgan fingerprint density at radius 3 is 1.90 bits per heavy atom. The number of benzene rings is 9. The summed E-state index contributed by atoms with van der Waals surface area (Å²) in [5.41, 5.74) is 12.5. The van der Waals surface area contributed by atoms with E-state index >= 15 is 0 Å². The Hall–Kier alpha value is -6.52. The van der Waals surface area contributed by atoms with Crippen molar-refractivity contribution in [2.45, 2.75) is 38.0 Å². The van der Waals surface area contributed by atoms with Crippen molar-refractivity contribution in [1.82, 2.24) is 0 Å². The van der Waals surface area contributed by atoms with E-state index in [9.17, 15) is 0 Å². The zero-order chi connectivity index (χ0) is 40.3. The summed E-state index contributed by atoms with van der Waals surface area (Å²) in [6.45, 7) is 0. The molecule has 0 spiro atoms. The molecule has 0 amide bonds. The minimum atomic E-state index is 0.590. The Bertz CT molecular complexity index is 3410. The van der Waals surface area contributed by atoms with Crippen LogP contribution in [0.5, 0.6) is 0 Å². The van der Waals surface area contributed by atoms with E-state index in [1.165, 1.54) is 128 Å². The summed E-state index contributed by atoms with van der Waals surface area (Å²) >= 11 is 3.77. The normalized spacial score (nSPS) is 13.5. The van der Waals surface area contributed by atoms with Gasteiger partial charge in [0.1, 0.15) is 0 Å². The molecular formula is C58H43NS2. The van der Waals surface area contributed by atoms with Gasteiger partial charge < -0.3 is 4.90 Å². The third-order valence-corrected chi connectivity index (χ3v) is 15.4. The fourth-order valence-corrected chi connectivity index (χ4v) is 12.6. The summed E-state index contributed by atoms with van der Waals surface area (Å²) in [6, 6.07) is 72.7. The first-order valence-corrected chi connectivity index (χ1v) is 23.3. The van der Waals surface area contributed by atoms with Crippen LogP contribution >= 0.6 is 22.7 Å². The molecule has 292 valence electrons. The Labute approximate surface area is 364 Å². The van der Waals surface area contributed by atoms with E-state index in [1.54, 1.807) is 0 Å². The molecular weight excluding hydrogens is 775 g/mol. The van der Waals surface area contributed by atoms with E-state index in [2.05, 4.69) is 199 Å². The molecule has 0 aliphatic heterocycles. The molecule has 0 saturated heterocycles. The molecule has 12 rings (SSSR count). The van der Waals surface area contributed by atoms with Crippen molar-refractivity contribution in [3.05, 3.63) is 200 Å². The standard InChI is InChI=1S/C58H43NS2/c1-2-15-38(16-3-1)44-24-11-17-40-18-12-27-49(56(40)44)47-21-4-7-29-52(47)59(42-35-33-39(34-36-42)46-26-13-28-50-48-22-5-8-30-53(48)61-58(46)50)43-20-10-19-41(37-43)45-25-14-32-55-57(45)51-23-6-9-31-54(51)60-55/h4-14,17-38H,1-3,15-16H2. The number of anilines is 3. The molecule has 3 heteroatoms. The van der Waals surface area contributed by atoms with Gasteiger partial charge in [-0.3, -0.25) is 0 Å². The number of nitrogens with zero attached hydrogens (tertiary/aromatic N) is 1.